The quantitative estimate of drug-likeness (QED) is 0.0153. The Bertz CT molecular complexity index is 2010. The normalized spacial score (nSPS) is 23.3. The standard InChI is InChI=1S/C71H130ClNO13Si2/c1-16-18-20-22-24-26-31-37-43-56-49-58(56)45-39-33-28-29-35-42-48-62(86-88(14,15)71(9,10)11)67(77)73-60(51-80-68-66(84-69(72)78)65(82-55(5)76)64(81-54(4)75)63(83-68)52-79-53(3)74)61(85-87(12,13)70(6,7)8)47-41-36-30-34-40-46-59-50-57(59)44-38-32-27-25-23-21-19-17-2/h29,35,56-66,68H,16-28,30-34,36-52H2,1-15H3,(H,73,77)/b35-29-/t56-,57+,58+,59-,60+,61-,62-,63-,64+,65+,66-,68-/m1/s1. The maximum Gasteiger partial charge on any atom is 0.404 e. The number of hydrogen-bond acceptors (Lipinski definition) is 13. The SMILES string of the molecule is CCCCCCCCCC[C@@H]1C[C@@H]1CCCC/C=C\CC[C@@H](O[Si](C)(C)C(C)(C)C)C(=O)N[C@@H](CO[C@@H]1O[C@H](COC(C)=O)[C@H](OC(C)=O)[C@H](OC(C)=O)[C@H]1OC(=O)Cl)[C@@H](CCCCCCC[C@@H]1C[C@@H]1CCCCCCCCCC)O[Si](C)(C)C(C)(C)C. The van der Waals surface area contributed by atoms with E-state index >= 15 is 4.79 Å². The number of hydrogen-bond donors (Lipinski definition) is 1. The van der Waals surface area contributed by atoms with E-state index in [0.717, 1.165) is 69.6 Å². The number of carbonyl (C=O) groups excluding carboxylic acids is 5. The number of amides is 1. The van der Waals surface area contributed by atoms with Gasteiger partial charge in [-0.05, 0) is 105 Å². The van der Waals surface area contributed by atoms with Gasteiger partial charge in [0.15, 0.2) is 41.2 Å². The smallest absolute Gasteiger partial charge is 0.404 e. The monoisotopic (exact) mass is 1300 g/mol. The van der Waals surface area contributed by atoms with Gasteiger partial charge in [-0.2, -0.15) is 0 Å². The molecule has 3 rings (SSSR count). The lowest BCUT2D eigenvalue weighted by Gasteiger charge is -2.45. The average molecular weight is 1300 g/mol. The van der Waals surface area contributed by atoms with E-state index in [9.17, 15) is 19.2 Å². The Labute approximate surface area is 543 Å². The Morgan fingerprint density at radius 1 is 0.534 bits per heavy atom. The van der Waals surface area contributed by atoms with Gasteiger partial charge in [-0.1, -0.05) is 234 Å². The number of unbranched alkanes of at least 4 members (excludes halogenated alkanes) is 20. The summed E-state index contributed by atoms with van der Waals surface area (Å²) in [5.41, 5.74) is -1.25. The Balaban J connectivity index is 1.86. The van der Waals surface area contributed by atoms with Crippen LogP contribution in [0.2, 0.25) is 36.3 Å². The molecule has 0 aromatic heterocycles. The van der Waals surface area contributed by atoms with Crippen LogP contribution < -0.4 is 5.32 Å². The van der Waals surface area contributed by atoms with E-state index < -0.39 is 95.5 Å². The van der Waals surface area contributed by atoms with Crippen LogP contribution in [0.15, 0.2) is 12.2 Å². The van der Waals surface area contributed by atoms with Crippen LogP contribution in [0, 0.1) is 23.7 Å². The summed E-state index contributed by atoms with van der Waals surface area (Å²) in [5, 5.41) is 3.04. The van der Waals surface area contributed by atoms with Gasteiger partial charge >= 0.3 is 23.3 Å². The van der Waals surface area contributed by atoms with Gasteiger partial charge in [0, 0.05) is 32.4 Å². The zero-order valence-electron chi connectivity index (χ0n) is 58.5. The zero-order valence-corrected chi connectivity index (χ0v) is 61.3. The molecule has 88 heavy (non-hydrogen) atoms. The molecule has 1 N–H and O–H groups in total. The van der Waals surface area contributed by atoms with Crippen molar-refractivity contribution in [1.82, 2.24) is 5.32 Å². The molecule has 0 unspecified atom stereocenters. The minimum atomic E-state index is -2.55. The molecule has 0 aromatic carbocycles. The summed E-state index contributed by atoms with van der Waals surface area (Å²) in [6.45, 7) is 29.3. The van der Waals surface area contributed by atoms with E-state index in [1.54, 1.807) is 0 Å². The lowest BCUT2D eigenvalue weighted by atomic mass is 9.98. The summed E-state index contributed by atoms with van der Waals surface area (Å²) in [5.74, 6) is 1.19. The maximum absolute atomic E-state index is 15.3. The van der Waals surface area contributed by atoms with Crippen LogP contribution in [0.3, 0.4) is 0 Å². The fourth-order valence-corrected chi connectivity index (χ4v) is 15.0. The number of ether oxygens (including phenoxy) is 6. The molecule has 14 nitrogen and oxygen atoms in total. The van der Waals surface area contributed by atoms with E-state index in [0.29, 0.717) is 19.3 Å². The second kappa shape index (κ2) is 42.1. The number of rotatable bonds is 49. The highest BCUT2D eigenvalue weighted by atomic mass is 35.5. The summed E-state index contributed by atoms with van der Waals surface area (Å²) in [4.78, 5) is 65.5. The van der Waals surface area contributed by atoms with Crippen molar-refractivity contribution in [3.63, 3.8) is 0 Å². The number of carbonyl (C=O) groups is 5. The molecule has 0 aromatic rings. The molecule has 512 valence electrons. The summed E-state index contributed by atoms with van der Waals surface area (Å²) in [7, 11) is -5.07. The first kappa shape index (κ1) is 79.9. The summed E-state index contributed by atoms with van der Waals surface area (Å²) in [6, 6.07) is -0.789. The molecule has 3 aliphatic rings. The third-order valence-corrected chi connectivity index (χ3v) is 29.0. The molecular formula is C71H130ClNO13Si2. The van der Waals surface area contributed by atoms with E-state index in [-0.39, 0.29) is 22.6 Å². The lowest BCUT2D eigenvalue weighted by Crippen LogP contribution is -2.63. The fraction of sp³-hybridized carbons (Fsp3) is 0.901. The van der Waals surface area contributed by atoms with Crippen molar-refractivity contribution in [2.45, 2.75) is 373 Å². The Morgan fingerprint density at radius 2 is 0.966 bits per heavy atom. The zero-order chi connectivity index (χ0) is 65.3. The van der Waals surface area contributed by atoms with E-state index in [1.165, 1.54) is 167 Å². The van der Waals surface area contributed by atoms with Crippen LogP contribution in [-0.4, -0.2) is 108 Å². The third-order valence-electron chi connectivity index (χ3n) is 19.9. The first-order valence-electron chi connectivity index (χ1n) is 35.5. The van der Waals surface area contributed by atoms with Crippen molar-refractivity contribution in [1.29, 1.82) is 0 Å². The minimum Gasteiger partial charge on any atom is -0.463 e. The molecule has 1 heterocycles. The van der Waals surface area contributed by atoms with Crippen molar-refractivity contribution in [3.05, 3.63) is 12.2 Å². The second-order valence-electron chi connectivity index (χ2n) is 29.8. The van der Waals surface area contributed by atoms with Gasteiger partial charge in [0.05, 0.1) is 18.8 Å². The number of esters is 3. The van der Waals surface area contributed by atoms with E-state index in [1.807, 2.05) is 0 Å². The minimum absolute atomic E-state index is 0.183. The molecule has 0 radical (unpaired) electrons. The van der Waals surface area contributed by atoms with Gasteiger partial charge in [-0.15, -0.1) is 0 Å². The highest BCUT2D eigenvalue weighted by molar-refractivity contribution is 6.74. The molecular weight excluding hydrogens is 1170 g/mol. The Hall–Kier alpha value is -2.35. The average Bonchev–Trinajstić information content (AvgIpc) is 1.39. The van der Waals surface area contributed by atoms with Crippen LogP contribution >= 0.6 is 11.6 Å². The first-order valence-corrected chi connectivity index (χ1v) is 41.7. The predicted molar refractivity (Wildman–Crippen MR) is 361 cm³/mol. The topological polar surface area (TPSA) is 171 Å². The summed E-state index contributed by atoms with van der Waals surface area (Å²) in [6.07, 6.45) is 36.6. The van der Waals surface area contributed by atoms with E-state index in [2.05, 4.69) is 99.0 Å². The molecule has 12 atom stereocenters. The second-order valence-corrected chi connectivity index (χ2v) is 39.6. The van der Waals surface area contributed by atoms with Gasteiger partial charge in [0.2, 0.25) is 5.91 Å². The maximum atomic E-state index is 15.3. The summed E-state index contributed by atoms with van der Waals surface area (Å²) >= 11 is 5.92. The largest absolute Gasteiger partial charge is 0.463 e. The van der Waals surface area contributed by atoms with Crippen molar-refractivity contribution in [3.8, 4) is 0 Å². The molecule has 1 saturated heterocycles. The highest BCUT2D eigenvalue weighted by Crippen LogP contribution is 2.47. The van der Waals surface area contributed by atoms with Crippen molar-refractivity contribution in [2.75, 3.05) is 13.2 Å². The molecule has 17 heteroatoms. The summed E-state index contributed by atoms with van der Waals surface area (Å²) < 4.78 is 49.8. The third kappa shape index (κ3) is 32.5. The lowest BCUT2D eigenvalue weighted by molar-refractivity contribution is -0.305. The van der Waals surface area contributed by atoms with Crippen molar-refractivity contribution >= 4 is 57.5 Å². The van der Waals surface area contributed by atoms with E-state index in [4.69, 9.17) is 48.9 Å². The van der Waals surface area contributed by atoms with Gasteiger partial charge in [-0.25, -0.2) is 4.79 Å². The van der Waals surface area contributed by atoms with Crippen molar-refractivity contribution in [2.24, 2.45) is 23.7 Å². The van der Waals surface area contributed by atoms with Gasteiger partial charge in [0.1, 0.15) is 18.8 Å². The van der Waals surface area contributed by atoms with Crippen molar-refractivity contribution < 1.29 is 61.2 Å². The highest BCUT2D eigenvalue weighted by Gasteiger charge is 2.54. The fourth-order valence-electron chi connectivity index (χ4n) is 12.2. The Kier molecular flexibility index (Phi) is 38.2. The molecule has 1 amide bonds. The Morgan fingerprint density at radius 3 is 1.42 bits per heavy atom. The molecule has 0 spiro atoms. The number of allylic oxidation sites excluding steroid dienone is 2. The number of halogens is 1. The van der Waals surface area contributed by atoms with Crippen LogP contribution in [0.5, 0.6) is 0 Å². The van der Waals surface area contributed by atoms with Crippen LogP contribution in [0.4, 0.5) is 4.79 Å². The van der Waals surface area contributed by atoms with Gasteiger partial charge in [0.25, 0.3) is 0 Å². The van der Waals surface area contributed by atoms with Gasteiger partial charge in [-0.3, -0.25) is 19.2 Å². The van der Waals surface area contributed by atoms with Gasteiger partial charge < -0.3 is 42.6 Å². The molecule has 2 saturated carbocycles. The molecule has 2 aliphatic carbocycles. The van der Waals surface area contributed by atoms with Crippen LogP contribution in [-0.2, 0) is 56.5 Å². The number of nitrogens with one attached hydrogen (secondary N) is 1. The van der Waals surface area contributed by atoms with Crippen LogP contribution in [0.1, 0.15) is 288 Å². The molecule has 3 fully saturated rings. The molecule has 0 bridgehead atoms. The van der Waals surface area contributed by atoms with Crippen LogP contribution in [0.25, 0.3) is 0 Å². The first-order chi connectivity index (χ1) is 41.6. The predicted octanol–water partition coefficient (Wildman–Crippen LogP) is 19.1. The molecule has 1 aliphatic heterocycles.